The fraction of sp³-hybridized carbons (Fsp3) is 0.292. The van der Waals surface area contributed by atoms with Crippen LogP contribution in [0.4, 0.5) is 16.2 Å². The maximum absolute atomic E-state index is 13.1. The van der Waals surface area contributed by atoms with Crippen molar-refractivity contribution in [1.29, 1.82) is 0 Å². The predicted octanol–water partition coefficient (Wildman–Crippen LogP) is 3.52. The van der Waals surface area contributed by atoms with Crippen molar-refractivity contribution in [3.8, 4) is 5.75 Å². The molecule has 2 aliphatic heterocycles. The van der Waals surface area contributed by atoms with Crippen molar-refractivity contribution in [1.82, 2.24) is 5.32 Å². The lowest BCUT2D eigenvalue weighted by Crippen LogP contribution is -2.54. The fourth-order valence-electron chi connectivity index (χ4n) is 4.02. The first-order valence-corrected chi connectivity index (χ1v) is 10.5. The highest BCUT2D eigenvalue weighted by atomic mass is 16.5. The van der Waals surface area contributed by atoms with Gasteiger partial charge in [0.2, 0.25) is 0 Å². The van der Waals surface area contributed by atoms with Crippen LogP contribution in [0.2, 0.25) is 0 Å². The van der Waals surface area contributed by atoms with Gasteiger partial charge in [-0.05, 0) is 54.3 Å². The fourth-order valence-corrected chi connectivity index (χ4v) is 4.02. The smallest absolute Gasteiger partial charge is 0.336 e. The highest BCUT2D eigenvalue weighted by Gasteiger charge is 2.38. The number of para-hydroxylation sites is 2. The van der Waals surface area contributed by atoms with E-state index in [0.717, 1.165) is 42.8 Å². The van der Waals surface area contributed by atoms with Gasteiger partial charge in [-0.2, -0.15) is 0 Å². The molecule has 2 heterocycles. The number of anilines is 2. The topological polar surface area (TPSA) is 79.0 Å². The van der Waals surface area contributed by atoms with Crippen molar-refractivity contribution in [2.24, 2.45) is 0 Å². The molecule has 0 saturated carbocycles. The SMILES string of the molecule is CCCCN1CCc2cc(C=C3C(=O)NC(=O)N(c4ccccc4OC)C3=O)ccc21. The molecule has 0 unspecified atom stereocenters. The molecule has 7 heteroatoms. The number of urea groups is 1. The summed E-state index contributed by atoms with van der Waals surface area (Å²) >= 11 is 0. The summed E-state index contributed by atoms with van der Waals surface area (Å²) in [5, 5.41) is 2.26. The number of hydrogen-bond donors (Lipinski definition) is 1. The Balaban J connectivity index is 1.65. The number of rotatable bonds is 6. The minimum atomic E-state index is -0.794. The van der Waals surface area contributed by atoms with Gasteiger partial charge in [0.25, 0.3) is 11.8 Å². The Bertz CT molecular complexity index is 1080. The number of benzene rings is 2. The van der Waals surface area contributed by atoms with E-state index in [9.17, 15) is 14.4 Å². The summed E-state index contributed by atoms with van der Waals surface area (Å²) in [5.41, 5.74) is 3.36. The van der Waals surface area contributed by atoms with Crippen molar-refractivity contribution < 1.29 is 19.1 Å². The van der Waals surface area contributed by atoms with Crippen LogP contribution in [0.15, 0.2) is 48.0 Å². The van der Waals surface area contributed by atoms with Gasteiger partial charge in [0.15, 0.2) is 0 Å². The third kappa shape index (κ3) is 3.91. The van der Waals surface area contributed by atoms with Crippen LogP contribution in [-0.2, 0) is 16.0 Å². The lowest BCUT2D eigenvalue weighted by Gasteiger charge is -2.27. The molecule has 31 heavy (non-hydrogen) atoms. The Labute approximate surface area is 181 Å². The molecule has 160 valence electrons. The molecule has 0 atom stereocenters. The van der Waals surface area contributed by atoms with Gasteiger partial charge in [0.1, 0.15) is 11.3 Å². The summed E-state index contributed by atoms with van der Waals surface area (Å²) in [6.07, 6.45) is 4.77. The second kappa shape index (κ2) is 8.63. The van der Waals surface area contributed by atoms with Crippen LogP contribution in [0.3, 0.4) is 0 Å². The van der Waals surface area contributed by atoms with Gasteiger partial charge in [-0.3, -0.25) is 14.9 Å². The van der Waals surface area contributed by atoms with Crippen molar-refractivity contribution in [3.05, 3.63) is 59.2 Å². The highest BCUT2D eigenvalue weighted by Crippen LogP contribution is 2.32. The third-order valence-corrected chi connectivity index (χ3v) is 5.62. The molecule has 7 nitrogen and oxygen atoms in total. The quantitative estimate of drug-likeness (QED) is 0.573. The minimum absolute atomic E-state index is 0.0914. The normalized spacial score (nSPS) is 17.2. The first-order chi connectivity index (χ1) is 15.0. The van der Waals surface area contributed by atoms with Crippen molar-refractivity contribution in [3.63, 3.8) is 0 Å². The number of nitrogens with zero attached hydrogens (tertiary/aromatic N) is 2. The molecule has 0 aromatic heterocycles. The number of amides is 4. The minimum Gasteiger partial charge on any atom is -0.495 e. The number of ether oxygens (including phenoxy) is 1. The maximum atomic E-state index is 13.1. The van der Waals surface area contributed by atoms with Gasteiger partial charge < -0.3 is 9.64 Å². The second-order valence-electron chi connectivity index (χ2n) is 7.61. The van der Waals surface area contributed by atoms with E-state index < -0.39 is 17.8 Å². The number of carbonyl (C=O) groups is 3. The standard InChI is InChI=1S/C24H25N3O4/c1-3-4-12-26-13-11-17-14-16(9-10-19(17)26)15-18-22(28)25-24(30)27(23(18)29)20-7-5-6-8-21(20)31-2/h5-10,14-15H,3-4,11-13H2,1-2H3,(H,25,28,30). The maximum Gasteiger partial charge on any atom is 0.336 e. The second-order valence-corrected chi connectivity index (χ2v) is 7.61. The van der Waals surface area contributed by atoms with E-state index in [1.807, 2.05) is 18.2 Å². The van der Waals surface area contributed by atoms with Gasteiger partial charge >= 0.3 is 6.03 Å². The molecule has 1 saturated heterocycles. The summed E-state index contributed by atoms with van der Waals surface area (Å²) in [5.74, 6) is -1.01. The molecule has 0 spiro atoms. The number of unbranched alkanes of at least 4 members (excludes halogenated alkanes) is 1. The van der Waals surface area contributed by atoms with Crippen LogP contribution in [0.1, 0.15) is 30.9 Å². The first-order valence-electron chi connectivity index (χ1n) is 10.5. The van der Waals surface area contributed by atoms with Crippen LogP contribution in [0, 0.1) is 0 Å². The van der Waals surface area contributed by atoms with Crippen LogP contribution < -0.4 is 19.9 Å². The summed E-state index contributed by atoms with van der Waals surface area (Å²) in [6.45, 7) is 4.18. The molecule has 0 radical (unpaired) electrons. The Kier molecular flexibility index (Phi) is 5.75. The van der Waals surface area contributed by atoms with E-state index in [2.05, 4.69) is 17.1 Å². The van der Waals surface area contributed by atoms with Gasteiger partial charge in [-0.25, -0.2) is 9.69 Å². The molecule has 4 rings (SSSR count). The summed E-state index contributed by atoms with van der Waals surface area (Å²) in [4.78, 5) is 41.4. The van der Waals surface area contributed by atoms with Crippen LogP contribution in [0.25, 0.3) is 6.08 Å². The number of hydrogen-bond acceptors (Lipinski definition) is 5. The summed E-state index contributed by atoms with van der Waals surface area (Å²) in [7, 11) is 1.46. The van der Waals surface area contributed by atoms with Gasteiger partial charge in [-0.1, -0.05) is 31.5 Å². The Morgan fingerprint density at radius 1 is 1.10 bits per heavy atom. The van der Waals surface area contributed by atoms with Crippen LogP contribution in [-0.4, -0.2) is 38.0 Å². The Morgan fingerprint density at radius 3 is 2.68 bits per heavy atom. The zero-order valence-corrected chi connectivity index (χ0v) is 17.7. The predicted molar refractivity (Wildman–Crippen MR) is 119 cm³/mol. The summed E-state index contributed by atoms with van der Waals surface area (Å²) < 4.78 is 5.28. The van der Waals surface area contributed by atoms with Crippen LogP contribution in [0.5, 0.6) is 5.75 Å². The zero-order chi connectivity index (χ0) is 22.0. The lowest BCUT2D eigenvalue weighted by molar-refractivity contribution is -0.122. The molecule has 0 bridgehead atoms. The number of carbonyl (C=O) groups excluding carboxylic acids is 3. The van der Waals surface area contributed by atoms with Crippen molar-refractivity contribution in [2.75, 3.05) is 30.0 Å². The molecule has 2 aromatic carbocycles. The van der Waals surface area contributed by atoms with E-state index in [1.165, 1.54) is 18.4 Å². The van der Waals surface area contributed by atoms with E-state index in [1.54, 1.807) is 30.3 Å². The summed E-state index contributed by atoms with van der Waals surface area (Å²) in [6, 6.07) is 11.9. The monoisotopic (exact) mass is 419 g/mol. The third-order valence-electron chi connectivity index (χ3n) is 5.62. The van der Waals surface area contributed by atoms with Crippen LogP contribution >= 0.6 is 0 Å². The molecule has 1 N–H and O–H groups in total. The molecule has 2 aliphatic rings. The average Bonchev–Trinajstić information content (AvgIpc) is 3.17. The lowest BCUT2D eigenvalue weighted by atomic mass is 10.0. The Morgan fingerprint density at radius 2 is 1.90 bits per heavy atom. The zero-order valence-electron chi connectivity index (χ0n) is 17.7. The average molecular weight is 419 g/mol. The largest absolute Gasteiger partial charge is 0.495 e. The van der Waals surface area contributed by atoms with Gasteiger partial charge in [0.05, 0.1) is 12.8 Å². The molecule has 2 aromatic rings. The van der Waals surface area contributed by atoms with Crippen molar-refractivity contribution in [2.45, 2.75) is 26.2 Å². The number of imide groups is 2. The number of methoxy groups -OCH3 is 1. The number of barbiturate groups is 1. The number of nitrogens with one attached hydrogen (secondary N) is 1. The van der Waals surface area contributed by atoms with Crippen molar-refractivity contribution >= 4 is 35.3 Å². The number of fused-ring (bicyclic) bond motifs is 1. The Hall–Kier alpha value is -3.61. The van der Waals surface area contributed by atoms with E-state index in [0.29, 0.717) is 5.75 Å². The molecule has 4 amide bonds. The molecule has 1 fully saturated rings. The van der Waals surface area contributed by atoms with E-state index in [4.69, 9.17) is 4.74 Å². The molecule has 0 aliphatic carbocycles. The highest BCUT2D eigenvalue weighted by molar-refractivity contribution is 6.39. The van der Waals surface area contributed by atoms with E-state index in [-0.39, 0.29) is 11.3 Å². The van der Waals surface area contributed by atoms with Gasteiger partial charge in [-0.15, -0.1) is 0 Å². The van der Waals surface area contributed by atoms with Gasteiger partial charge in [0, 0.05) is 18.8 Å². The van der Waals surface area contributed by atoms with E-state index >= 15 is 0 Å². The molecular formula is C24H25N3O4. The molecular weight excluding hydrogens is 394 g/mol. The first kappa shape index (κ1) is 20.7.